The van der Waals surface area contributed by atoms with Gasteiger partial charge >= 0.3 is 355 Å². The number of hydrogen-bond acceptors (Lipinski definition) is 66. The molecule has 143 heavy (non-hydrogen) atoms. The van der Waals surface area contributed by atoms with Gasteiger partial charge in [-0.2, -0.15) is 0 Å². The Bertz CT molecular complexity index is 4900. The minimum Gasteiger partial charge on any atom is -0.735 e. The predicted octanol–water partition coefficient (Wildman–Crippen LogP) is -64.1. The summed E-state index contributed by atoms with van der Waals surface area (Å²) in [6.07, 6.45) is -105. The quantitative estimate of drug-likeness (QED) is 0.0117. The minimum atomic E-state index is -6.31. The molecule has 8 heterocycles. The van der Waals surface area contributed by atoms with Crippen molar-refractivity contribution in [3.8, 4) is 0 Å². The Morgan fingerprint density at radius 1 is 0.252 bits per heavy atom. The number of hydrogen-bond donors (Lipinski definition) is 18. The van der Waals surface area contributed by atoms with E-state index in [1.54, 1.807) is 0 Å². The number of ether oxygens (including phenoxy) is 16. The first-order valence-electron chi connectivity index (χ1n) is 36.2. The maximum atomic E-state index is 13.1. The summed E-state index contributed by atoms with van der Waals surface area (Å²) in [5.41, 5.74) is 5.44. The number of aliphatic hydroxyl groups is 13. The fourth-order valence-electron chi connectivity index (χ4n) is 13.9. The van der Waals surface area contributed by atoms with Crippen LogP contribution in [-0.4, -0.2) is 479 Å². The largest absolute Gasteiger partial charge is 1.00 e. The summed E-state index contributed by atoms with van der Waals surface area (Å²) in [6.45, 7) is -7.53. The van der Waals surface area contributed by atoms with E-state index in [1.165, 1.54) is 4.72 Å². The molecule has 8 saturated heterocycles. The summed E-state index contributed by atoms with van der Waals surface area (Å²) in [5.74, 6) is -10.5. The fourth-order valence-corrected chi connectivity index (χ4v) is 17.4. The zero-order valence-electron chi connectivity index (χ0n) is 76.3. The standard InChI is InChI=1S/C53H89N5O65S8.12Na/c54-4-2-1-3-5-104-50-27(68)23(64)34(38(120-50)42(72)73)117-47-15(56-125(83,84)85)20(61)31(11(110-47)7-106-129(95,96)97)114-52-29(70)25(66)36(40(122-52)44(76)77)119-49-17(58-127(89,90)91)22(63)33(13(112-49)9-108-131(101,102)103)115-53-30(71)26(67)37(41(123-53)45(78)79)118-48-16(57-126(86,87)88)21(62)32(12(111-48)8-107-130(98,99)100)113-51-28(69)24(65)35(39(121-51)43(74)75)116-46-14(55-124(80,81)82)19(60)18(59)10(109-46)6-105-128(92,93)94;;;;;;;;;;;;/h10-41,46-53,55-71H,1-9,54H2,(H,72,73)(H,74,75)(H,76,77)(H,78,79)(H,80,81,82)(H,83,84,85)(H,86,87,88)(H,89,90,91)(H,92,93,94)(H,95,96,97)(H,98,99,100)(H,101,102,103);;;;;;;;;;;;/q;12*+1/p-12/t10-,11-,12-,13-,14-,15-,16-,17-,18-,19-,20-,21-,22-,23-,24-,25-,26-,27-,28-,29-,30-,31-,32-,33-,34+,35+,36+,37+,38+,39-,40-,41+,46-,47-,48-,49-,50-,51-,52-,53-;;;;;;;;;;;;/m1............/s1. The number of unbranched alkanes of at least 4 members (excludes halogenated alkanes) is 2. The number of rotatable bonds is 44. The topological polar surface area (TPSA) is 1140 Å². The van der Waals surface area contributed by atoms with Crippen molar-refractivity contribution in [3.63, 3.8) is 0 Å². The number of aliphatic carboxylic acids is 4. The van der Waals surface area contributed by atoms with Gasteiger partial charge in [-0.1, -0.05) is 0 Å². The van der Waals surface area contributed by atoms with Crippen LogP contribution in [0, 0.1) is 0 Å². The number of nitrogens with one attached hydrogen (secondary N) is 4. The number of aliphatic hydroxyl groups excluding tert-OH is 13. The third-order valence-electron chi connectivity index (χ3n) is 19.6. The van der Waals surface area contributed by atoms with E-state index < -0.39 is 379 Å². The van der Waals surface area contributed by atoms with Gasteiger partial charge in [-0.15, -0.1) is 0 Å². The van der Waals surface area contributed by atoms with E-state index in [9.17, 15) is 210 Å². The smallest absolute Gasteiger partial charge is 0.735 e. The molecule has 0 amide bonds. The number of carboxylic acid groups (broad SMARTS) is 4. The first-order valence-corrected chi connectivity index (χ1v) is 47.2. The summed E-state index contributed by atoms with van der Waals surface area (Å²) < 4.78 is 394. The number of carbonyl (C=O) groups excluding carboxylic acids is 4. The molecule has 0 aromatic carbocycles. The summed E-state index contributed by atoms with van der Waals surface area (Å²) in [6, 6.07) is -11.8. The summed E-state index contributed by atoms with van der Waals surface area (Å²) >= 11 is 0. The van der Waals surface area contributed by atoms with Crippen LogP contribution in [0.4, 0.5) is 0 Å². The molecule has 8 rings (SSSR count). The molecule has 70 nitrogen and oxygen atoms in total. The fraction of sp³-hybridized carbons (Fsp3) is 0.925. The van der Waals surface area contributed by atoms with Crippen LogP contribution in [0.2, 0.25) is 0 Å². The molecule has 0 aliphatic carbocycles. The van der Waals surface area contributed by atoms with E-state index >= 15 is 0 Å². The van der Waals surface area contributed by atoms with E-state index in [0.717, 1.165) is 14.2 Å². The maximum Gasteiger partial charge on any atom is 1.00 e. The Morgan fingerprint density at radius 2 is 0.455 bits per heavy atom. The van der Waals surface area contributed by atoms with Crippen LogP contribution in [0.5, 0.6) is 0 Å². The van der Waals surface area contributed by atoms with Crippen LogP contribution in [-0.2, 0) is 195 Å². The average Bonchev–Trinajstić information content (AvgIpc) is 0.759. The van der Waals surface area contributed by atoms with E-state index in [2.05, 4.69) is 16.7 Å². The molecule has 764 valence electrons. The zero-order chi connectivity index (χ0) is 98.7. The first kappa shape index (κ1) is 159. The Morgan fingerprint density at radius 3 is 0.671 bits per heavy atom. The molecule has 0 spiro atoms. The van der Waals surface area contributed by atoms with Crippen LogP contribution in [0.3, 0.4) is 0 Å². The van der Waals surface area contributed by atoms with Gasteiger partial charge < -0.3 is 224 Å². The third-order valence-corrected chi connectivity index (χ3v) is 23.6. The first-order chi connectivity index (χ1) is 60.1. The van der Waals surface area contributed by atoms with Crippen molar-refractivity contribution in [2.24, 2.45) is 5.73 Å². The summed E-state index contributed by atoms with van der Waals surface area (Å²) in [4.78, 5) is 51.2. The molecule has 0 unspecified atom stereocenters. The zero-order valence-corrected chi connectivity index (χ0v) is 107. The second-order valence-corrected chi connectivity index (χ2v) is 37.4. The van der Waals surface area contributed by atoms with Gasteiger partial charge in [0, 0.05) is 6.61 Å². The van der Waals surface area contributed by atoms with Crippen LogP contribution >= 0.6 is 0 Å². The molecule has 0 bridgehead atoms. The van der Waals surface area contributed by atoms with Gasteiger partial charge in [0.2, 0.25) is 41.6 Å². The van der Waals surface area contributed by atoms with Crippen molar-refractivity contribution in [1.82, 2.24) is 18.9 Å². The number of carboxylic acids is 4. The molecule has 19 N–H and O–H groups in total. The Hall–Kier alpha value is 7.64. The van der Waals surface area contributed by atoms with E-state index in [1.807, 2.05) is 0 Å². The van der Waals surface area contributed by atoms with Gasteiger partial charge in [0.05, 0.1) is 50.3 Å². The predicted molar refractivity (Wildman–Crippen MR) is 359 cm³/mol. The van der Waals surface area contributed by atoms with Crippen molar-refractivity contribution >= 4 is 107 Å². The average molecular weight is 2360 g/mol. The Balaban J connectivity index is -0.00000529. The SMILES string of the molecule is NCCCCCO[C@@H]1O[C@H](C(=O)[O-])[C@@H](O[C@H]2O[C@H](COS(=O)(=O)[O-])[C@@H](O[C@@H]3O[C@@H](C(=O)[O-])[C@@H](O[C@H]4O[C@H](COS(=O)(=O)[O-])[C@@H](O[C@@H]5O[C@H](C(=O)[O-])[C@@H](O[C@H]6O[C@H](COS(=O)(=O)[O-])[C@@H](O[C@@H]7O[C@@H](C(=O)[O-])[C@@H](O[C@H]8O[C@H](COS(=O)(=O)[O-])[C@@H](O)[C@H](O)[C@H]8NS(=O)(=O)[O-])[C@H](O)[C@H]7O)[C@H](O)[C@H]6NS(=O)(=O)[O-])[C@H](O)[C@H]5O)[C@H](O)[C@H]4NS(=O)(=O)[O-])[C@H](O)[C@H]3O)[C@H](O)[C@H]2NS(=O)(=O)[O-])[C@H](O)[C@H]1O.[Na+].[Na+].[Na+].[Na+].[Na+].[Na+].[Na+].[Na+].[Na+].[Na+].[Na+].[Na+]. The van der Waals surface area contributed by atoms with Gasteiger partial charge in [-0.3, -0.25) is 16.7 Å². The van der Waals surface area contributed by atoms with Crippen molar-refractivity contribution in [1.29, 1.82) is 0 Å². The van der Waals surface area contributed by atoms with Crippen molar-refractivity contribution < 1.29 is 657 Å². The van der Waals surface area contributed by atoms with Crippen LogP contribution in [0.25, 0.3) is 0 Å². The van der Waals surface area contributed by atoms with Crippen LogP contribution in [0.1, 0.15) is 19.3 Å². The monoisotopic (exact) mass is 2350 g/mol. The van der Waals surface area contributed by atoms with Gasteiger partial charge in [-0.25, -0.2) is 86.2 Å². The summed E-state index contributed by atoms with van der Waals surface area (Å²) in [7, 11) is -48.6. The molecule has 8 aliphatic heterocycles. The molecule has 90 heteroatoms. The molecule has 40 atom stereocenters. The normalized spacial score (nSPS) is 37.6. The van der Waals surface area contributed by atoms with E-state index in [4.69, 9.17) is 81.5 Å². The Kier molecular flexibility index (Phi) is 75.5. The molecule has 0 saturated carbocycles. The molecule has 8 aliphatic rings. The number of carbonyl (C=O) groups is 4. The van der Waals surface area contributed by atoms with Crippen molar-refractivity contribution in [2.75, 3.05) is 39.6 Å². The third kappa shape index (κ3) is 47.3. The van der Waals surface area contributed by atoms with Crippen LogP contribution < -0.4 is 400 Å². The van der Waals surface area contributed by atoms with E-state index in [0.29, 0.717) is 12.8 Å². The molecule has 8 fully saturated rings. The number of nitrogens with two attached hydrogens (primary N) is 1. The van der Waals surface area contributed by atoms with Crippen LogP contribution in [0.15, 0.2) is 0 Å². The summed E-state index contributed by atoms with van der Waals surface area (Å²) in [5, 5.41) is 199. The molecular formula is C53H77N5Na12O65S8. The van der Waals surface area contributed by atoms with Gasteiger partial charge in [0.1, 0.15) is 195 Å². The maximum absolute atomic E-state index is 13.1. The van der Waals surface area contributed by atoms with Gasteiger partial charge in [0.15, 0.2) is 91.5 Å². The minimum absolute atomic E-state index is 0. The second kappa shape index (κ2) is 67.9. The van der Waals surface area contributed by atoms with Crippen molar-refractivity contribution in [2.45, 2.75) is 265 Å². The van der Waals surface area contributed by atoms with Gasteiger partial charge in [-0.05, 0) is 25.8 Å². The Labute approximate surface area is 1070 Å². The van der Waals surface area contributed by atoms with Crippen molar-refractivity contribution in [3.05, 3.63) is 0 Å². The van der Waals surface area contributed by atoms with Gasteiger partial charge in [0.25, 0.3) is 0 Å². The molecule has 0 aromatic rings. The second-order valence-electron chi connectivity index (χ2n) is 28.6. The van der Waals surface area contributed by atoms with E-state index in [-0.39, 0.29) is 374 Å². The molecule has 0 radical (unpaired) electrons. The molecule has 0 aromatic heterocycles. The molecular weight excluding hydrogens is 2280 g/mol.